The lowest BCUT2D eigenvalue weighted by molar-refractivity contribution is -0.156. The average Bonchev–Trinajstić information content (AvgIpc) is 2.74. The van der Waals surface area contributed by atoms with Crippen molar-refractivity contribution in [2.75, 3.05) is 7.11 Å². The van der Waals surface area contributed by atoms with E-state index in [2.05, 4.69) is 15.9 Å². The van der Waals surface area contributed by atoms with Gasteiger partial charge in [0.2, 0.25) is 0 Å². The molecule has 0 unspecified atom stereocenters. The molecule has 1 fully saturated rings. The molecule has 0 aromatic heterocycles. The summed E-state index contributed by atoms with van der Waals surface area (Å²) in [6, 6.07) is 6.97. The molecule has 3 atom stereocenters. The van der Waals surface area contributed by atoms with Crippen molar-refractivity contribution in [2.24, 2.45) is 17.8 Å². The molecule has 0 amide bonds. The molecule has 0 saturated carbocycles. The number of hydrogen-bond acceptors (Lipinski definition) is 5. The van der Waals surface area contributed by atoms with E-state index in [-0.39, 0.29) is 5.78 Å². The molecule has 1 aromatic carbocycles. The number of hydrogen-bond donors (Lipinski definition) is 0. The number of methoxy groups -OCH3 is 1. The highest BCUT2D eigenvalue weighted by Crippen LogP contribution is 2.43. The Hall–Kier alpha value is -1.69. The van der Waals surface area contributed by atoms with Crippen LogP contribution in [-0.2, 0) is 19.1 Å². The van der Waals surface area contributed by atoms with Crippen LogP contribution in [0.4, 0.5) is 0 Å². The van der Waals surface area contributed by atoms with Crippen LogP contribution in [0.25, 0.3) is 0 Å². The van der Waals surface area contributed by atoms with Crippen LogP contribution >= 0.6 is 15.9 Å². The van der Waals surface area contributed by atoms with Crippen LogP contribution < -0.4 is 0 Å². The van der Waals surface area contributed by atoms with E-state index in [4.69, 9.17) is 9.47 Å². The molecule has 1 aliphatic rings. The maximum atomic E-state index is 12.8. The van der Waals surface area contributed by atoms with Gasteiger partial charge in [-0.25, -0.2) is 0 Å². The number of carbonyl (C=O) groups excluding carboxylic acids is 3. The first-order valence-corrected chi connectivity index (χ1v) is 8.09. The Kier molecular flexibility index (Phi) is 4.94. The molecule has 0 radical (unpaired) electrons. The van der Waals surface area contributed by atoms with E-state index in [1.54, 1.807) is 45.0 Å². The summed E-state index contributed by atoms with van der Waals surface area (Å²) in [5.74, 6) is -3.67. The monoisotopic (exact) mass is 382 g/mol. The summed E-state index contributed by atoms with van der Waals surface area (Å²) in [4.78, 5) is 36.8. The molecule has 0 aliphatic carbocycles. The number of Topliss-reactive ketones (excluding diaryl/α,β-unsaturated/α-hetero) is 1. The van der Waals surface area contributed by atoms with Crippen molar-refractivity contribution < 1.29 is 23.9 Å². The van der Waals surface area contributed by atoms with E-state index < -0.39 is 35.3 Å². The molecule has 1 saturated heterocycles. The molecule has 1 heterocycles. The summed E-state index contributed by atoms with van der Waals surface area (Å²) in [7, 11) is 1.22. The lowest BCUT2D eigenvalue weighted by Crippen LogP contribution is -2.41. The summed E-state index contributed by atoms with van der Waals surface area (Å²) in [6.45, 7) is 5.14. The zero-order valence-electron chi connectivity index (χ0n) is 13.5. The minimum Gasteiger partial charge on any atom is -0.468 e. The Morgan fingerprint density at radius 3 is 2.35 bits per heavy atom. The number of benzene rings is 1. The lowest BCUT2D eigenvalue weighted by atomic mass is 9.72. The molecule has 0 spiro atoms. The van der Waals surface area contributed by atoms with Crippen LogP contribution in [0, 0.1) is 17.8 Å². The van der Waals surface area contributed by atoms with Crippen molar-refractivity contribution in [1.29, 1.82) is 0 Å². The van der Waals surface area contributed by atoms with Crippen LogP contribution in [0.1, 0.15) is 31.1 Å². The summed E-state index contributed by atoms with van der Waals surface area (Å²) >= 11 is 3.32. The van der Waals surface area contributed by atoms with Gasteiger partial charge in [-0.3, -0.25) is 14.4 Å². The number of ketones is 1. The molecule has 6 heteroatoms. The van der Waals surface area contributed by atoms with E-state index in [0.717, 1.165) is 4.47 Å². The standard InChI is InChI=1S/C17H19BrO5/c1-9(14(19)10-5-7-11(18)8-6-10)13-12(15(20)22-4)16(21)23-17(13,2)3/h5-9,12-13H,1-4H3/t9-,12-,13+/m1/s1. The van der Waals surface area contributed by atoms with Crippen LogP contribution in [0.15, 0.2) is 28.7 Å². The number of halogens is 1. The van der Waals surface area contributed by atoms with Gasteiger partial charge in [0.05, 0.1) is 7.11 Å². The number of esters is 2. The fourth-order valence-corrected chi connectivity index (χ4v) is 3.50. The maximum Gasteiger partial charge on any atom is 0.321 e. The van der Waals surface area contributed by atoms with Crippen molar-refractivity contribution in [2.45, 2.75) is 26.4 Å². The van der Waals surface area contributed by atoms with Gasteiger partial charge in [0, 0.05) is 21.9 Å². The van der Waals surface area contributed by atoms with Crippen molar-refractivity contribution in [1.82, 2.24) is 0 Å². The van der Waals surface area contributed by atoms with Crippen molar-refractivity contribution >= 4 is 33.7 Å². The molecule has 23 heavy (non-hydrogen) atoms. The predicted octanol–water partition coefficient (Wildman–Crippen LogP) is 3.01. The number of carbonyl (C=O) groups is 3. The number of rotatable bonds is 4. The largest absolute Gasteiger partial charge is 0.468 e. The van der Waals surface area contributed by atoms with E-state index in [1.165, 1.54) is 7.11 Å². The third-order valence-electron chi connectivity index (χ3n) is 4.32. The number of cyclic esters (lactones) is 1. The first-order chi connectivity index (χ1) is 10.7. The molecular weight excluding hydrogens is 364 g/mol. The minimum atomic E-state index is -1.08. The topological polar surface area (TPSA) is 69.7 Å². The van der Waals surface area contributed by atoms with Crippen LogP contribution in [0.3, 0.4) is 0 Å². The molecule has 1 aliphatic heterocycles. The van der Waals surface area contributed by atoms with E-state index in [1.807, 2.05) is 0 Å². The second-order valence-corrected chi connectivity index (χ2v) is 7.13. The zero-order chi connectivity index (χ0) is 17.4. The summed E-state index contributed by atoms with van der Waals surface area (Å²) < 4.78 is 10.9. The first-order valence-electron chi connectivity index (χ1n) is 7.29. The van der Waals surface area contributed by atoms with Gasteiger partial charge < -0.3 is 9.47 Å². The van der Waals surface area contributed by atoms with Crippen LogP contribution in [-0.4, -0.2) is 30.4 Å². The van der Waals surface area contributed by atoms with Gasteiger partial charge in [-0.1, -0.05) is 35.0 Å². The molecule has 2 rings (SSSR count). The maximum absolute atomic E-state index is 12.8. The van der Waals surface area contributed by atoms with Gasteiger partial charge in [-0.05, 0) is 26.0 Å². The van der Waals surface area contributed by atoms with Gasteiger partial charge in [-0.2, -0.15) is 0 Å². The molecule has 124 valence electrons. The summed E-state index contributed by atoms with van der Waals surface area (Å²) in [5.41, 5.74) is -0.389. The Labute approximate surface area is 143 Å². The van der Waals surface area contributed by atoms with Gasteiger partial charge in [0.1, 0.15) is 5.60 Å². The van der Waals surface area contributed by atoms with Crippen molar-refractivity contribution in [3.63, 3.8) is 0 Å². The highest BCUT2D eigenvalue weighted by atomic mass is 79.9. The lowest BCUT2D eigenvalue weighted by Gasteiger charge is -2.30. The quantitative estimate of drug-likeness (QED) is 0.454. The summed E-state index contributed by atoms with van der Waals surface area (Å²) in [6.07, 6.45) is 0. The van der Waals surface area contributed by atoms with E-state index in [9.17, 15) is 14.4 Å². The Morgan fingerprint density at radius 1 is 1.26 bits per heavy atom. The SMILES string of the molecule is COC(=O)[C@@H]1C(=O)OC(C)(C)[C@H]1[C@@H](C)C(=O)c1ccc(Br)cc1. The van der Waals surface area contributed by atoms with Crippen molar-refractivity contribution in [3.05, 3.63) is 34.3 Å². The highest BCUT2D eigenvalue weighted by molar-refractivity contribution is 9.10. The Balaban J connectivity index is 2.35. The van der Waals surface area contributed by atoms with Gasteiger partial charge in [-0.15, -0.1) is 0 Å². The second kappa shape index (κ2) is 6.43. The Bertz CT molecular complexity index is 635. The first kappa shape index (κ1) is 17.7. The minimum absolute atomic E-state index is 0.136. The third kappa shape index (κ3) is 3.32. The third-order valence-corrected chi connectivity index (χ3v) is 4.84. The highest BCUT2D eigenvalue weighted by Gasteiger charge is 2.57. The van der Waals surface area contributed by atoms with E-state index >= 15 is 0 Å². The summed E-state index contributed by atoms with van der Waals surface area (Å²) in [5, 5.41) is 0. The van der Waals surface area contributed by atoms with Gasteiger partial charge >= 0.3 is 11.9 Å². The molecule has 0 bridgehead atoms. The van der Waals surface area contributed by atoms with Crippen LogP contribution in [0.2, 0.25) is 0 Å². The molecule has 1 aromatic rings. The fraction of sp³-hybridized carbons (Fsp3) is 0.471. The van der Waals surface area contributed by atoms with Gasteiger partial charge in [0.15, 0.2) is 11.7 Å². The van der Waals surface area contributed by atoms with Gasteiger partial charge in [0.25, 0.3) is 0 Å². The average molecular weight is 383 g/mol. The second-order valence-electron chi connectivity index (χ2n) is 6.21. The normalized spacial score (nSPS) is 24.0. The zero-order valence-corrected chi connectivity index (χ0v) is 15.0. The smallest absolute Gasteiger partial charge is 0.321 e. The molecule has 5 nitrogen and oxygen atoms in total. The van der Waals surface area contributed by atoms with Crippen LogP contribution in [0.5, 0.6) is 0 Å². The molecular formula is C17H19BrO5. The molecule has 0 N–H and O–H groups in total. The fourth-order valence-electron chi connectivity index (χ4n) is 3.24. The van der Waals surface area contributed by atoms with E-state index in [0.29, 0.717) is 5.56 Å². The Morgan fingerprint density at radius 2 is 1.83 bits per heavy atom. The predicted molar refractivity (Wildman–Crippen MR) is 86.8 cm³/mol. The number of ether oxygens (including phenoxy) is 2. The van der Waals surface area contributed by atoms with Crippen molar-refractivity contribution in [3.8, 4) is 0 Å².